The van der Waals surface area contributed by atoms with Gasteiger partial charge < -0.3 is 19.9 Å². The number of hydrogen-bond donors (Lipinski definition) is 1. The second-order valence-electron chi connectivity index (χ2n) is 5.12. The number of rotatable bonds is 3. The lowest BCUT2D eigenvalue weighted by molar-refractivity contribution is 0.00528. The molecule has 20 heavy (non-hydrogen) atoms. The van der Waals surface area contributed by atoms with E-state index in [9.17, 15) is 0 Å². The Morgan fingerprint density at radius 3 is 3.00 bits per heavy atom. The molecule has 7 nitrogen and oxygen atoms in total. The highest BCUT2D eigenvalue weighted by molar-refractivity contribution is 14.0. The summed E-state index contributed by atoms with van der Waals surface area (Å²) in [7, 11) is 0. The highest BCUT2D eigenvalue weighted by Gasteiger charge is 2.29. The highest BCUT2D eigenvalue weighted by atomic mass is 127. The van der Waals surface area contributed by atoms with E-state index in [1.807, 2.05) is 11.8 Å². The molecule has 2 heterocycles. The van der Waals surface area contributed by atoms with Gasteiger partial charge in [-0.3, -0.25) is 0 Å². The van der Waals surface area contributed by atoms with Gasteiger partial charge in [0.05, 0.1) is 12.7 Å². The zero-order chi connectivity index (χ0) is 13.2. The van der Waals surface area contributed by atoms with Gasteiger partial charge in [0.25, 0.3) is 0 Å². The van der Waals surface area contributed by atoms with E-state index in [4.69, 9.17) is 15.0 Å². The topological polar surface area (TPSA) is 89.8 Å². The largest absolute Gasteiger partial charge is 0.375 e. The van der Waals surface area contributed by atoms with Crippen molar-refractivity contribution in [1.29, 1.82) is 0 Å². The summed E-state index contributed by atoms with van der Waals surface area (Å²) in [6.45, 7) is 4.63. The molecule has 1 saturated heterocycles. The van der Waals surface area contributed by atoms with Crippen molar-refractivity contribution < 1.29 is 9.26 Å². The molecule has 8 heteroatoms. The lowest BCUT2D eigenvalue weighted by Gasteiger charge is -2.31. The molecular formula is C12H20IN5O2. The molecule has 2 N–H and O–H groups in total. The Balaban J connectivity index is 0.00000147. The number of aliphatic imine (C=N–C) groups is 1. The summed E-state index contributed by atoms with van der Waals surface area (Å²) >= 11 is 0. The molecule has 0 aromatic carbocycles. The zero-order valence-electron chi connectivity index (χ0n) is 11.5. The molecule has 1 saturated carbocycles. The fraction of sp³-hybridized carbons (Fsp3) is 0.750. The number of morpholine rings is 1. The molecule has 112 valence electrons. The number of halogens is 1. The van der Waals surface area contributed by atoms with Crippen molar-refractivity contribution >= 4 is 29.9 Å². The van der Waals surface area contributed by atoms with Gasteiger partial charge in [0.1, 0.15) is 6.54 Å². The normalized spacial score (nSPS) is 23.6. The standard InChI is InChI=1S/C12H19N5O2.HI/c1-8-7-17(4-5-18-8)12(13)14-6-10-15-11(19-16-10)9-2-3-9;/h8-9H,2-7H2,1H3,(H2,13,14);1H. The van der Waals surface area contributed by atoms with Crippen LogP contribution in [0, 0.1) is 0 Å². The van der Waals surface area contributed by atoms with Crippen molar-refractivity contribution in [2.75, 3.05) is 19.7 Å². The highest BCUT2D eigenvalue weighted by Crippen LogP contribution is 2.38. The van der Waals surface area contributed by atoms with E-state index in [1.54, 1.807) is 0 Å². The Hall–Kier alpha value is -0.900. The van der Waals surface area contributed by atoms with Gasteiger partial charge in [-0.15, -0.1) is 24.0 Å². The van der Waals surface area contributed by atoms with Crippen LogP contribution >= 0.6 is 24.0 Å². The predicted molar refractivity (Wildman–Crippen MR) is 84.0 cm³/mol. The number of nitrogens with zero attached hydrogens (tertiary/aromatic N) is 4. The van der Waals surface area contributed by atoms with Gasteiger partial charge in [0, 0.05) is 19.0 Å². The van der Waals surface area contributed by atoms with Gasteiger partial charge in [-0.05, 0) is 19.8 Å². The molecule has 0 spiro atoms. The third kappa shape index (κ3) is 3.81. The molecule has 0 bridgehead atoms. The van der Waals surface area contributed by atoms with Crippen LogP contribution in [0.4, 0.5) is 0 Å². The van der Waals surface area contributed by atoms with Gasteiger partial charge in [-0.2, -0.15) is 4.98 Å². The molecule has 3 rings (SSSR count). The molecule has 1 aromatic heterocycles. The Morgan fingerprint density at radius 2 is 2.30 bits per heavy atom. The summed E-state index contributed by atoms with van der Waals surface area (Å²) in [4.78, 5) is 10.7. The number of guanidine groups is 1. The molecule has 1 atom stereocenters. The van der Waals surface area contributed by atoms with Crippen LogP contribution in [0.15, 0.2) is 9.52 Å². The summed E-state index contributed by atoms with van der Waals surface area (Å²) in [5.41, 5.74) is 5.97. The summed E-state index contributed by atoms with van der Waals surface area (Å²) < 4.78 is 10.6. The summed E-state index contributed by atoms with van der Waals surface area (Å²) in [6, 6.07) is 0. The Bertz CT molecular complexity index is 474. The molecule has 1 aliphatic carbocycles. The first kappa shape index (κ1) is 15.5. The predicted octanol–water partition coefficient (Wildman–Crippen LogP) is 1.10. The van der Waals surface area contributed by atoms with Crippen LogP contribution in [-0.2, 0) is 11.3 Å². The second kappa shape index (κ2) is 6.70. The maximum Gasteiger partial charge on any atom is 0.229 e. The maximum atomic E-state index is 5.97. The third-order valence-electron chi connectivity index (χ3n) is 3.36. The van der Waals surface area contributed by atoms with Crippen molar-refractivity contribution in [2.24, 2.45) is 10.7 Å². The van der Waals surface area contributed by atoms with Gasteiger partial charge in [0.2, 0.25) is 5.89 Å². The van der Waals surface area contributed by atoms with Gasteiger partial charge in [0.15, 0.2) is 11.8 Å². The Kier molecular flexibility index (Phi) is 5.19. The number of ether oxygens (including phenoxy) is 1. The minimum atomic E-state index is 0. The van der Waals surface area contributed by atoms with E-state index in [0.717, 1.165) is 31.8 Å². The van der Waals surface area contributed by atoms with Gasteiger partial charge >= 0.3 is 0 Å². The number of hydrogen-bond acceptors (Lipinski definition) is 5. The molecule has 2 fully saturated rings. The Labute approximate surface area is 135 Å². The average Bonchev–Trinajstić information content (AvgIpc) is 3.15. The van der Waals surface area contributed by atoms with Gasteiger partial charge in [-0.25, -0.2) is 4.99 Å². The van der Waals surface area contributed by atoms with Crippen molar-refractivity contribution in [3.8, 4) is 0 Å². The van der Waals surface area contributed by atoms with E-state index < -0.39 is 0 Å². The van der Waals surface area contributed by atoms with Crippen molar-refractivity contribution in [3.63, 3.8) is 0 Å². The van der Waals surface area contributed by atoms with E-state index >= 15 is 0 Å². The van der Waals surface area contributed by atoms with Crippen LogP contribution in [0.2, 0.25) is 0 Å². The van der Waals surface area contributed by atoms with Crippen LogP contribution < -0.4 is 5.73 Å². The Morgan fingerprint density at radius 1 is 1.50 bits per heavy atom. The van der Waals surface area contributed by atoms with E-state index in [2.05, 4.69) is 15.1 Å². The van der Waals surface area contributed by atoms with Crippen LogP contribution in [-0.4, -0.2) is 46.8 Å². The molecule has 0 amide bonds. The minimum absolute atomic E-state index is 0. The monoisotopic (exact) mass is 393 g/mol. The molecular weight excluding hydrogens is 373 g/mol. The van der Waals surface area contributed by atoms with Crippen LogP contribution in [0.5, 0.6) is 0 Å². The lowest BCUT2D eigenvalue weighted by atomic mass is 10.3. The molecule has 1 aliphatic heterocycles. The van der Waals surface area contributed by atoms with Gasteiger partial charge in [-0.1, -0.05) is 5.16 Å². The SMILES string of the molecule is CC1CN(C(N)=NCc2noc(C3CC3)n2)CCO1.I. The fourth-order valence-corrected chi connectivity index (χ4v) is 2.11. The van der Waals surface area contributed by atoms with Crippen LogP contribution in [0.1, 0.15) is 37.4 Å². The first-order valence-electron chi connectivity index (χ1n) is 6.71. The zero-order valence-corrected chi connectivity index (χ0v) is 13.8. The van der Waals surface area contributed by atoms with E-state index in [0.29, 0.717) is 30.9 Å². The quantitative estimate of drug-likeness (QED) is 0.470. The fourth-order valence-electron chi connectivity index (χ4n) is 2.11. The summed E-state index contributed by atoms with van der Waals surface area (Å²) in [5, 5.41) is 3.92. The summed E-state index contributed by atoms with van der Waals surface area (Å²) in [6.07, 6.45) is 2.49. The first-order chi connectivity index (χ1) is 9.22. The third-order valence-corrected chi connectivity index (χ3v) is 3.36. The minimum Gasteiger partial charge on any atom is -0.375 e. The average molecular weight is 393 g/mol. The molecule has 1 unspecified atom stereocenters. The van der Waals surface area contributed by atoms with E-state index in [-0.39, 0.29) is 30.1 Å². The lowest BCUT2D eigenvalue weighted by Crippen LogP contribution is -2.47. The van der Waals surface area contributed by atoms with Crippen LogP contribution in [0.25, 0.3) is 0 Å². The smallest absolute Gasteiger partial charge is 0.229 e. The molecule has 2 aliphatic rings. The van der Waals surface area contributed by atoms with Crippen molar-refractivity contribution in [2.45, 2.75) is 38.3 Å². The number of nitrogens with two attached hydrogens (primary N) is 1. The number of aromatic nitrogens is 2. The first-order valence-corrected chi connectivity index (χ1v) is 6.71. The van der Waals surface area contributed by atoms with Crippen molar-refractivity contribution in [3.05, 3.63) is 11.7 Å². The van der Waals surface area contributed by atoms with Crippen molar-refractivity contribution in [1.82, 2.24) is 15.0 Å². The van der Waals surface area contributed by atoms with Crippen LogP contribution in [0.3, 0.4) is 0 Å². The maximum absolute atomic E-state index is 5.97. The molecule has 0 radical (unpaired) electrons. The molecule has 1 aromatic rings. The summed E-state index contributed by atoms with van der Waals surface area (Å²) in [5.74, 6) is 2.34. The second-order valence-corrected chi connectivity index (χ2v) is 5.12. The van der Waals surface area contributed by atoms with E-state index in [1.165, 1.54) is 0 Å².